The molecule has 0 saturated carbocycles. The third-order valence-electron chi connectivity index (χ3n) is 3.11. The van der Waals surface area contributed by atoms with Gasteiger partial charge in [-0.05, 0) is 37.7 Å². The van der Waals surface area contributed by atoms with Gasteiger partial charge in [0, 0.05) is 0 Å². The zero-order chi connectivity index (χ0) is 12.3. The van der Waals surface area contributed by atoms with Crippen molar-refractivity contribution in [3.8, 4) is 0 Å². The van der Waals surface area contributed by atoms with E-state index in [1.54, 1.807) is 0 Å². The molecule has 0 heterocycles. The lowest BCUT2D eigenvalue weighted by Gasteiger charge is -2.26. The molecular weight excluding hydrogens is 206 g/mol. The normalized spacial score (nSPS) is 12.7. The first-order chi connectivity index (χ1) is 8.20. The molecule has 0 bridgehead atoms. The minimum absolute atomic E-state index is 0.331. The van der Waals surface area contributed by atoms with Crippen LogP contribution in [0.5, 0.6) is 0 Å². The minimum atomic E-state index is 0.331. The Kier molecular flexibility index (Phi) is 3.60. The molecule has 0 fully saturated rings. The van der Waals surface area contributed by atoms with Crippen LogP contribution in [0.2, 0.25) is 0 Å². The monoisotopic (exact) mass is 225 g/mol. The molecule has 1 atom stereocenters. The lowest BCUT2D eigenvalue weighted by molar-refractivity contribution is 0.341. The van der Waals surface area contributed by atoms with E-state index in [1.807, 2.05) is 0 Å². The van der Waals surface area contributed by atoms with Gasteiger partial charge in [-0.2, -0.15) is 0 Å². The van der Waals surface area contributed by atoms with Gasteiger partial charge in [0.05, 0.1) is 6.04 Å². The van der Waals surface area contributed by atoms with Gasteiger partial charge in [-0.25, -0.2) is 0 Å². The van der Waals surface area contributed by atoms with E-state index in [2.05, 4.69) is 80.5 Å². The Morgan fingerprint density at radius 1 is 0.824 bits per heavy atom. The zero-order valence-corrected chi connectivity index (χ0v) is 10.7. The fraction of sp³-hybridized carbons (Fsp3) is 0.250. The second kappa shape index (κ2) is 5.15. The lowest BCUT2D eigenvalue weighted by atomic mass is 9.94. The summed E-state index contributed by atoms with van der Waals surface area (Å²) in [7, 11) is 4.26. The van der Waals surface area contributed by atoms with E-state index in [1.165, 1.54) is 16.7 Å². The Labute approximate surface area is 104 Å². The van der Waals surface area contributed by atoms with Crippen molar-refractivity contribution in [1.82, 2.24) is 4.90 Å². The molecule has 88 valence electrons. The highest BCUT2D eigenvalue weighted by molar-refractivity contribution is 5.36. The fourth-order valence-corrected chi connectivity index (χ4v) is 2.28. The lowest BCUT2D eigenvalue weighted by Crippen LogP contribution is -2.21. The van der Waals surface area contributed by atoms with Crippen molar-refractivity contribution in [2.75, 3.05) is 14.1 Å². The first kappa shape index (κ1) is 11.9. The second-order valence-electron chi connectivity index (χ2n) is 4.63. The SMILES string of the molecule is Cc1ccccc1[C@@H](c1ccccc1)N(C)C. The van der Waals surface area contributed by atoms with Crippen LogP contribution in [-0.4, -0.2) is 19.0 Å². The molecule has 0 amide bonds. The van der Waals surface area contributed by atoms with Crippen molar-refractivity contribution in [3.05, 3.63) is 71.3 Å². The third-order valence-corrected chi connectivity index (χ3v) is 3.11. The summed E-state index contributed by atoms with van der Waals surface area (Å²) in [4.78, 5) is 2.26. The number of nitrogens with zero attached hydrogens (tertiary/aromatic N) is 1. The highest BCUT2D eigenvalue weighted by Gasteiger charge is 2.17. The summed E-state index contributed by atoms with van der Waals surface area (Å²) in [6, 6.07) is 19.6. The van der Waals surface area contributed by atoms with Crippen LogP contribution in [0.25, 0.3) is 0 Å². The van der Waals surface area contributed by atoms with Crippen LogP contribution in [0.1, 0.15) is 22.7 Å². The maximum atomic E-state index is 2.26. The smallest absolute Gasteiger partial charge is 0.0599 e. The summed E-state index contributed by atoms with van der Waals surface area (Å²) < 4.78 is 0. The van der Waals surface area contributed by atoms with Crippen molar-refractivity contribution >= 4 is 0 Å². The van der Waals surface area contributed by atoms with Crippen molar-refractivity contribution in [1.29, 1.82) is 0 Å². The fourth-order valence-electron chi connectivity index (χ4n) is 2.28. The molecule has 1 nitrogen and oxygen atoms in total. The van der Waals surface area contributed by atoms with Crippen LogP contribution >= 0.6 is 0 Å². The molecule has 17 heavy (non-hydrogen) atoms. The maximum absolute atomic E-state index is 2.26. The molecule has 0 unspecified atom stereocenters. The van der Waals surface area contributed by atoms with Gasteiger partial charge in [0.15, 0.2) is 0 Å². The van der Waals surface area contributed by atoms with Gasteiger partial charge in [0.25, 0.3) is 0 Å². The summed E-state index contributed by atoms with van der Waals surface area (Å²) >= 11 is 0. The first-order valence-corrected chi connectivity index (χ1v) is 5.97. The summed E-state index contributed by atoms with van der Waals surface area (Å²) in [6.45, 7) is 2.18. The summed E-state index contributed by atoms with van der Waals surface area (Å²) in [6.07, 6.45) is 0. The van der Waals surface area contributed by atoms with Gasteiger partial charge in [0.1, 0.15) is 0 Å². The number of hydrogen-bond donors (Lipinski definition) is 0. The predicted molar refractivity (Wildman–Crippen MR) is 73.2 cm³/mol. The first-order valence-electron chi connectivity index (χ1n) is 5.97. The predicted octanol–water partition coefficient (Wildman–Crippen LogP) is 3.65. The quantitative estimate of drug-likeness (QED) is 0.770. The van der Waals surface area contributed by atoms with Crippen LogP contribution in [0.3, 0.4) is 0 Å². The molecule has 2 aromatic carbocycles. The zero-order valence-electron chi connectivity index (χ0n) is 10.7. The van der Waals surface area contributed by atoms with E-state index in [9.17, 15) is 0 Å². The van der Waals surface area contributed by atoms with E-state index in [4.69, 9.17) is 0 Å². The highest BCUT2D eigenvalue weighted by Crippen LogP contribution is 2.28. The number of hydrogen-bond acceptors (Lipinski definition) is 1. The largest absolute Gasteiger partial charge is 0.299 e. The van der Waals surface area contributed by atoms with Crippen LogP contribution < -0.4 is 0 Å². The molecule has 1 heteroatoms. The van der Waals surface area contributed by atoms with Gasteiger partial charge in [-0.15, -0.1) is 0 Å². The van der Waals surface area contributed by atoms with Gasteiger partial charge in [-0.1, -0.05) is 54.6 Å². The minimum Gasteiger partial charge on any atom is -0.299 e. The number of benzene rings is 2. The van der Waals surface area contributed by atoms with Crippen molar-refractivity contribution in [2.24, 2.45) is 0 Å². The molecular formula is C16H19N. The van der Waals surface area contributed by atoms with E-state index in [-0.39, 0.29) is 0 Å². The van der Waals surface area contributed by atoms with E-state index in [0.29, 0.717) is 6.04 Å². The van der Waals surface area contributed by atoms with Crippen LogP contribution in [0, 0.1) is 6.92 Å². The molecule has 0 spiro atoms. The summed E-state index contributed by atoms with van der Waals surface area (Å²) in [5.74, 6) is 0. The Morgan fingerprint density at radius 3 is 2.00 bits per heavy atom. The van der Waals surface area contributed by atoms with Crippen LogP contribution in [-0.2, 0) is 0 Å². The Hall–Kier alpha value is -1.60. The molecule has 0 radical (unpaired) electrons. The van der Waals surface area contributed by atoms with Crippen molar-refractivity contribution in [3.63, 3.8) is 0 Å². The Morgan fingerprint density at radius 2 is 1.41 bits per heavy atom. The topological polar surface area (TPSA) is 3.24 Å². The molecule has 0 aliphatic heterocycles. The molecule has 0 aliphatic carbocycles. The van der Waals surface area contributed by atoms with E-state index >= 15 is 0 Å². The molecule has 0 saturated heterocycles. The number of aryl methyl sites for hydroxylation is 1. The Bertz CT molecular complexity index is 474. The highest BCUT2D eigenvalue weighted by atomic mass is 15.1. The van der Waals surface area contributed by atoms with E-state index < -0.39 is 0 Å². The summed E-state index contributed by atoms with van der Waals surface area (Å²) in [5.41, 5.74) is 4.06. The molecule has 0 N–H and O–H groups in total. The number of rotatable bonds is 3. The second-order valence-corrected chi connectivity index (χ2v) is 4.63. The maximum Gasteiger partial charge on any atom is 0.0599 e. The Balaban J connectivity index is 2.47. The standard InChI is InChI=1S/C16H19N/c1-13-9-7-8-12-15(13)16(17(2)3)14-10-5-4-6-11-14/h4-12,16H,1-3H3/t16-/m1/s1. The van der Waals surface area contributed by atoms with Gasteiger partial charge in [-0.3, -0.25) is 4.90 Å². The molecule has 2 rings (SSSR count). The van der Waals surface area contributed by atoms with Crippen LogP contribution in [0.15, 0.2) is 54.6 Å². The van der Waals surface area contributed by atoms with Crippen LogP contribution in [0.4, 0.5) is 0 Å². The third kappa shape index (κ3) is 2.56. The average molecular weight is 225 g/mol. The van der Waals surface area contributed by atoms with Gasteiger partial charge in [0.2, 0.25) is 0 Å². The molecule has 2 aromatic rings. The van der Waals surface area contributed by atoms with Gasteiger partial charge < -0.3 is 0 Å². The van der Waals surface area contributed by atoms with Gasteiger partial charge >= 0.3 is 0 Å². The molecule has 0 aliphatic rings. The summed E-state index contributed by atoms with van der Waals surface area (Å²) in [5, 5.41) is 0. The van der Waals surface area contributed by atoms with Crippen molar-refractivity contribution < 1.29 is 0 Å². The average Bonchev–Trinajstić information content (AvgIpc) is 2.33. The van der Waals surface area contributed by atoms with E-state index in [0.717, 1.165) is 0 Å². The van der Waals surface area contributed by atoms with Crippen molar-refractivity contribution in [2.45, 2.75) is 13.0 Å². The molecule has 0 aromatic heterocycles.